The van der Waals surface area contributed by atoms with Gasteiger partial charge in [0.25, 0.3) is 0 Å². The van der Waals surface area contributed by atoms with E-state index in [2.05, 4.69) is 40.7 Å². The zero-order valence-corrected chi connectivity index (χ0v) is 17.6. The summed E-state index contributed by atoms with van der Waals surface area (Å²) in [5.41, 5.74) is 9.94. The first-order chi connectivity index (χ1) is 14.1. The quantitative estimate of drug-likeness (QED) is 0.634. The second kappa shape index (κ2) is 9.89. The summed E-state index contributed by atoms with van der Waals surface area (Å²) in [4.78, 5) is 12.6. The highest BCUT2D eigenvalue weighted by Crippen LogP contribution is 2.25. The van der Waals surface area contributed by atoms with Gasteiger partial charge in [0.1, 0.15) is 0 Å². The molecule has 3 N–H and O–H groups in total. The Kier molecular flexibility index (Phi) is 7.26. The van der Waals surface area contributed by atoms with Crippen LogP contribution in [-0.4, -0.2) is 34.4 Å². The maximum Gasteiger partial charge on any atom is 0.240 e. The number of carbonyl (C=O) groups is 1. The molecule has 6 nitrogen and oxygen atoms in total. The monoisotopic (exact) mass is 426 g/mol. The molecule has 1 saturated heterocycles. The molecule has 2 heterocycles. The highest BCUT2D eigenvalue weighted by molar-refractivity contribution is 5.86. The molecule has 4 rings (SSSR count). The Hall–Kier alpha value is -2.67. The van der Waals surface area contributed by atoms with E-state index in [1.807, 2.05) is 35.1 Å². The van der Waals surface area contributed by atoms with Crippen molar-refractivity contribution in [1.82, 2.24) is 15.1 Å². The van der Waals surface area contributed by atoms with Crippen LogP contribution >= 0.6 is 12.4 Å². The largest absolute Gasteiger partial charge is 0.381 e. The number of hydrogen-bond donors (Lipinski definition) is 2. The van der Waals surface area contributed by atoms with E-state index in [-0.39, 0.29) is 18.3 Å². The fourth-order valence-electron chi connectivity index (χ4n) is 3.64. The summed E-state index contributed by atoms with van der Waals surface area (Å²) >= 11 is 0. The number of halogens is 1. The Morgan fingerprint density at radius 1 is 1.10 bits per heavy atom. The van der Waals surface area contributed by atoms with Crippen molar-refractivity contribution in [3.8, 4) is 11.1 Å². The van der Waals surface area contributed by atoms with E-state index in [0.29, 0.717) is 32.6 Å². The molecular weight excluding hydrogens is 400 g/mol. The van der Waals surface area contributed by atoms with Gasteiger partial charge in [-0.1, -0.05) is 48.5 Å². The first kappa shape index (κ1) is 22.0. The van der Waals surface area contributed by atoms with Gasteiger partial charge in [0.15, 0.2) is 0 Å². The molecule has 0 spiro atoms. The van der Waals surface area contributed by atoms with Gasteiger partial charge in [-0.3, -0.25) is 9.48 Å². The van der Waals surface area contributed by atoms with Crippen molar-refractivity contribution >= 4 is 18.3 Å². The van der Waals surface area contributed by atoms with Crippen molar-refractivity contribution in [3.05, 3.63) is 78.1 Å². The molecule has 7 heteroatoms. The van der Waals surface area contributed by atoms with Crippen LogP contribution in [0.3, 0.4) is 0 Å². The minimum atomic E-state index is -0.832. The van der Waals surface area contributed by atoms with Gasteiger partial charge in [-0.05, 0) is 41.2 Å². The zero-order chi connectivity index (χ0) is 20.1. The molecule has 0 radical (unpaired) electrons. The topological polar surface area (TPSA) is 82.2 Å². The standard InChI is InChI=1S/C23H26N4O2.ClH/c24-23(10-14-29-15-11-23)22(28)25-16-20-4-1-2-5-21(20)19-8-6-18(7-9-19)17-27-13-3-12-26-27;/h1-9,12-13H,10-11,14-17,24H2,(H,25,28);1H. The molecule has 30 heavy (non-hydrogen) atoms. The predicted octanol–water partition coefficient (Wildman–Crippen LogP) is 3.14. The van der Waals surface area contributed by atoms with Gasteiger partial charge in [0, 0.05) is 32.2 Å². The number of nitrogens with one attached hydrogen (secondary N) is 1. The molecule has 0 atom stereocenters. The number of nitrogens with two attached hydrogens (primary N) is 1. The molecule has 2 aromatic carbocycles. The molecular formula is C23H27ClN4O2. The van der Waals surface area contributed by atoms with Crippen LogP contribution in [-0.2, 0) is 22.6 Å². The molecule has 0 unspecified atom stereocenters. The average molecular weight is 427 g/mol. The summed E-state index contributed by atoms with van der Waals surface area (Å²) in [7, 11) is 0. The van der Waals surface area contributed by atoms with Gasteiger partial charge in [0.2, 0.25) is 5.91 Å². The van der Waals surface area contributed by atoms with Gasteiger partial charge in [-0.2, -0.15) is 5.10 Å². The van der Waals surface area contributed by atoms with Crippen molar-refractivity contribution in [2.75, 3.05) is 13.2 Å². The van der Waals surface area contributed by atoms with Gasteiger partial charge in [-0.25, -0.2) is 0 Å². The third-order valence-corrected chi connectivity index (χ3v) is 5.46. The molecule has 3 aromatic rings. The van der Waals surface area contributed by atoms with E-state index in [1.54, 1.807) is 6.20 Å². The molecule has 1 fully saturated rings. The third-order valence-electron chi connectivity index (χ3n) is 5.46. The number of ether oxygens (including phenoxy) is 1. The van der Waals surface area contributed by atoms with Crippen LogP contribution in [0.4, 0.5) is 0 Å². The smallest absolute Gasteiger partial charge is 0.240 e. The second-order valence-electron chi connectivity index (χ2n) is 7.51. The first-order valence-electron chi connectivity index (χ1n) is 9.94. The Labute approximate surface area is 182 Å². The first-order valence-corrected chi connectivity index (χ1v) is 9.94. The molecule has 0 aliphatic carbocycles. The van der Waals surface area contributed by atoms with Crippen LogP contribution < -0.4 is 11.1 Å². The van der Waals surface area contributed by atoms with Crippen LogP contribution in [0.25, 0.3) is 11.1 Å². The van der Waals surface area contributed by atoms with E-state index in [4.69, 9.17) is 10.5 Å². The lowest BCUT2D eigenvalue weighted by Crippen LogP contribution is -2.56. The van der Waals surface area contributed by atoms with E-state index in [9.17, 15) is 4.79 Å². The lowest BCUT2D eigenvalue weighted by atomic mass is 9.90. The predicted molar refractivity (Wildman–Crippen MR) is 119 cm³/mol. The van der Waals surface area contributed by atoms with Crippen LogP contribution in [0.5, 0.6) is 0 Å². The molecule has 0 saturated carbocycles. The zero-order valence-electron chi connectivity index (χ0n) is 16.8. The highest BCUT2D eigenvalue weighted by atomic mass is 35.5. The van der Waals surface area contributed by atoms with Crippen LogP contribution in [0.2, 0.25) is 0 Å². The summed E-state index contributed by atoms with van der Waals surface area (Å²) in [6.07, 6.45) is 4.84. The van der Waals surface area contributed by atoms with Gasteiger partial charge in [-0.15, -0.1) is 12.4 Å². The van der Waals surface area contributed by atoms with Crippen LogP contribution in [0, 0.1) is 0 Å². The van der Waals surface area contributed by atoms with Gasteiger partial charge >= 0.3 is 0 Å². The number of benzene rings is 2. The second-order valence-corrected chi connectivity index (χ2v) is 7.51. The summed E-state index contributed by atoms with van der Waals surface area (Å²) in [5, 5.41) is 7.28. The van der Waals surface area contributed by atoms with Crippen molar-refractivity contribution in [1.29, 1.82) is 0 Å². The van der Waals surface area contributed by atoms with Gasteiger partial charge < -0.3 is 15.8 Å². The fraction of sp³-hybridized carbons (Fsp3) is 0.304. The minimum Gasteiger partial charge on any atom is -0.381 e. The molecule has 1 aliphatic heterocycles. The maximum absolute atomic E-state index is 12.6. The molecule has 158 valence electrons. The van der Waals surface area contributed by atoms with Crippen molar-refractivity contribution in [3.63, 3.8) is 0 Å². The van der Waals surface area contributed by atoms with Gasteiger partial charge in [0.05, 0.1) is 12.1 Å². The van der Waals surface area contributed by atoms with E-state index < -0.39 is 5.54 Å². The number of nitrogens with zero attached hydrogens (tertiary/aromatic N) is 2. The third kappa shape index (κ3) is 5.08. The number of hydrogen-bond acceptors (Lipinski definition) is 4. The average Bonchev–Trinajstić information content (AvgIpc) is 3.26. The molecule has 1 aromatic heterocycles. The molecule has 1 amide bonds. The van der Waals surface area contributed by atoms with E-state index in [1.165, 1.54) is 5.56 Å². The van der Waals surface area contributed by atoms with Crippen molar-refractivity contribution in [2.24, 2.45) is 5.73 Å². The summed E-state index contributed by atoms with van der Waals surface area (Å²) in [6.45, 7) is 2.26. The Morgan fingerprint density at radius 3 is 2.53 bits per heavy atom. The Balaban J connectivity index is 0.00000256. The minimum absolute atomic E-state index is 0. The number of aromatic nitrogens is 2. The lowest BCUT2D eigenvalue weighted by Gasteiger charge is -2.31. The number of carbonyl (C=O) groups excluding carboxylic acids is 1. The lowest BCUT2D eigenvalue weighted by molar-refractivity contribution is -0.129. The molecule has 0 bridgehead atoms. The molecule has 1 aliphatic rings. The number of amides is 1. The normalized spacial score (nSPS) is 15.2. The van der Waals surface area contributed by atoms with E-state index in [0.717, 1.165) is 23.2 Å². The summed E-state index contributed by atoms with van der Waals surface area (Å²) in [5.74, 6) is -0.106. The van der Waals surface area contributed by atoms with Crippen molar-refractivity contribution < 1.29 is 9.53 Å². The highest BCUT2D eigenvalue weighted by Gasteiger charge is 2.35. The van der Waals surface area contributed by atoms with Crippen LogP contribution in [0.1, 0.15) is 24.0 Å². The van der Waals surface area contributed by atoms with E-state index >= 15 is 0 Å². The van der Waals surface area contributed by atoms with Crippen LogP contribution in [0.15, 0.2) is 67.0 Å². The fourth-order valence-corrected chi connectivity index (χ4v) is 3.64. The maximum atomic E-state index is 12.6. The Bertz CT molecular complexity index is 952. The number of rotatable bonds is 6. The Morgan fingerprint density at radius 2 is 1.83 bits per heavy atom. The summed E-state index contributed by atoms with van der Waals surface area (Å²) < 4.78 is 7.23. The summed E-state index contributed by atoms with van der Waals surface area (Å²) in [6, 6.07) is 18.5. The van der Waals surface area contributed by atoms with Crippen molar-refractivity contribution in [2.45, 2.75) is 31.5 Å². The SMILES string of the molecule is Cl.NC1(C(=O)NCc2ccccc2-c2ccc(Cn3cccn3)cc2)CCOCC1.